The van der Waals surface area contributed by atoms with E-state index in [0.717, 1.165) is 54.1 Å². The van der Waals surface area contributed by atoms with Crippen molar-refractivity contribution in [2.45, 2.75) is 34.1 Å². The number of aromatic carboxylic acids is 1. The van der Waals surface area contributed by atoms with E-state index in [0.29, 0.717) is 12.0 Å². The summed E-state index contributed by atoms with van der Waals surface area (Å²) >= 11 is 0. The molecule has 5 nitrogen and oxygen atoms in total. The van der Waals surface area contributed by atoms with E-state index in [1.165, 1.54) is 11.4 Å². The average Bonchev–Trinajstić information content (AvgIpc) is 2.91. The molecule has 0 bridgehead atoms. The van der Waals surface area contributed by atoms with E-state index in [1.807, 2.05) is 31.1 Å². The normalized spacial score (nSPS) is 10.6. The number of benzene rings is 3. The summed E-state index contributed by atoms with van der Waals surface area (Å²) in [6, 6.07) is 23.1. The second kappa shape index (κ2) is 13.0. The topological polar surface area (TPSA) is 47.0 Å². The molecule has 0 radical (unpaired) electrons. The maximum atomic E-state index is 12.0. The molecule has 0 heterocycles. The number of hydrogen-bond donors (Lipinski definition) is 1. The number of hydrogen-bond acceptors (Lipinski definition) is 4. The summed E-state index contributed by atoms with van der Waals surface area (Å²) in [5.41, 5.74) is 7.77. The van der Waals surface area contributed by atoms with Gasteiger partial charge in [-0.05, 0) is 92.8 Å². The Morgan fingerprint density at radius 2 is 1.14 bits per heavy atom. The summed E-state index contributed by atoms with van der Waals surface area (Å²) in [6.07, 6.45) is 2.69. The molecule has 0 amide bonds. The minimum atomic E-state index is -0.902. The van der Waals surface area contributed by atoms with Crippen LogP contribution in [0.15, 0.2) is 72.8 Å². The predicted molar refractivity (Wildman–Crippen MR) is 159 cm³/mol. The van der Waals surface area contributed by atoms with Crippen molar-refractivity contribution >= 4 is 28.6 Å². The monoisotopic (exact) mass is 499 g/mol. The van der Waals surface area contributed by atoms with Crippen molar-refractivity contribution in [1.29, 1.82) is 0 Å². The molecule has 0 atom stereocenters. The fraction of sp³-hybridized carbons (Fsp3) is 0.344. The third kappa shape index (κ3) is 6.73. The van der Waals surface area contributed by atoms with Gasteiger partial charge in [-0.3, -0.25) is 0 Å². The molecule has 5 heteroatoms. The zero-order chi connectivity index (χ0) is 26.9. The maximum absolute atomic E-state index is 12.0. The van der Waals surface area contributed by atoms with Crippen molar-refractivity contribution in [2.75, 3.05) is 55.0 Å². The first-order valence-electron chi connectivity index (χ1n) is 13.3. The predicted octanol–water partition coefficient (Wildman–Crippen LogP) is 6.82. The minimum absolute atomic E-state index is 0.343. The Labute approximate surface area is 222 Å². The molecule has 0 spiro atoms. The number of carbonyl (C=O) groups is 1. The summed E-state index contributed by atoms with van der Waals surface area (Å²) in [6.45, 7) is 12.5. The Bertz CT molecular complexity index is 1130. The number of anilines is 3. The van der Waals surface area contributed by atoms with E-state index in [1.54, 1.807) is 6.07 Å². The lowest BCUT2D eigenvalue weighted by atomic mass is 9.94. The Morgan fingerprint density at radius 1 is 0.703 bits per heavy atom. The zero-order valence-electron chi connectivity index (χ0n) is 23.2. The van der Waals surface area contributed by atoms with Crippen molar-refractivity contribution in [3.8, 4) is 0 Å². The van der Waals surface area contributed by atoms with Crippen molar-refractivity contribution in [2.24, 2.45) is 0 Å². The first kappa shape index (κ1) is 27.9. The van der Waals surface area contributed by atoms with Gasteiger partial charge in [0.05, 0.1) is 5.56 Å². The molecular formula is C32H41N3O2. The van der Waals surface area contributed by atoms with Gasteiger partial charge in [-0.25, -0.2) is 4.79 Å². The molecule has 0 unspecified atom stereocenters. The van der Waals surface area contributed by atoms with Crippen LogP contribution >= 0.6 is 0 Å². The SMILES string of the molecule is CCN(CC)c1ccc(C(=CCc2ccc(N(C)C)cc2C(=O)O)c2ccc(N(CC)CC)cc2)cc1. The Morgan fingerprint density at radius 3 is 1.51 bits per heavy atom. The van der Waals surface area contributed by atoms with Crippen molar-refractivity contribution in [3.05, 3.63) is 95.1 Å². The average molecular weight is 500 g/mol. The van der Waals surface area contributed by atoms with Crippen LogP contribution in [0.4, 0.5) is 17.1 Å². The molecular weight excluding hydrogens is 458 g/mol. The lowest BCUT2D eigenvalue weighted by molar-refractivity contribution is 0.0696. The molecule has 0 saturated carbocycles. The van der Waals surface area contributed by atoms with Gasteiger partial charge in [-0.15, -0.1) is 0 Å². The van der Waals surface area contributed by atoms with Crippen LogP contribution in [-0.2, 0) is 6.42 Å². The third-order valence-corrected chi connectivity index (χ3v) is 6.98. The highest BCUT2D eigenvalue weighted by Crippen LogP contribution is 2.29. The van der Waals surface area contributed by atoms with Crippen molar-refractivity contribution in [3.63, 3.8) is 0 Å². The van der Waals surface area contributed by atoms with Crippen LogP contribution in [0.1, 0.15) is 54.7 Å². The van der Waals surface area contributed by atoms with Crippen molar-refractivity contribution in [1.82, 2.24) is 0 Å². The Balaban J connectivity index is 2.05. The fourth-order valence-electron chi connectivity index (χ4n) is 4.72. The molecule has 3 aromatic carbocycles. The molecule has 0 aliphatic rings. The van der Waals surface area contributed by atoms with Crippen LogP contribution in [-0.4, -0.2) is 51.4 Å². The van der Waals surface area contributed by atoms with Gasteiger partial charge in [0, 0.05) is 57.3 Å². The highest BCUT2D eigenvalue weighted by Gasteiger charge is 2.13. The molecule has 0 fully saturated rings. The van der Waals surface area contributed by atoms with E-state index in [2.05, 4.69) is 92.1 Å². The summed E-state index contributed by atoms with van der Waals surface area (Å²) < 4.78 is 0. The van der Waals surface area contributed by atoms with Crippen LogP contribution in [0.5, 0.6) is 0 Å². The van der Waals surface area contributed by atoms with Gasteiger partial charge in [0.1, 0.15) is 0 Å². The second-order valence-electron chi connectivity index (χ2n) is 9.30. The van der Waals surface area contributed by atoms with Gasteiger partial charge in [-0.1, -0.05) is 36.4 Å². The van der Waals surface area contributed by atoms with Gasteiger partial charge >= 0.3 is 5.97 Å². The van der Waals surface area contributed by atoms with Crippen LogP contribution < -0.4 is 14.7 Å². The quantitative estimate of drug-likeness (QED) is 0.296. The van der Waals surface area contributed by atoms with Gasteiger partial charge in [0.25, 0.3) is 0 Å². The Hall–Kier alpha value is -3.73. The molecule has 3 rings (SSSR count). The molecule has 0 aliphatic carbocycles. The van der Waals surface area contributed by atoms with E-state index in [-0.39, 0.29) is 0 Å². The number of nitrogens with zero attached hydrogens (tertiary/aromatic N) is 3. The molecule has 37 heavy (non-hydrogen) atoms. The number of rotatable bonds is 12. The van der Waals surface area contributed by atoms with E-state index in [4.69, 9.17) is 0 Å². The number of carboxylic acids is 1. The summed E-state index contributed by atoms with van der Waals surface area (Å²) in [5, 5.41) is 9.88. The highest BCUT2D eigenvalue weighted by atomic mass is 16.4. The lowest BCUT2D eigenvalue weighted by Gasteiger charge is -2.22. The number of carboxylic acid groups (broad SMARTS) is 1. The summed E-state index contributed by atoms with van der Waals surface area (Å²) in [7, 11) is 3.84. The van der Waals surface area contributed by atoms with Crippen LogP contribution in [0.25, 0.3) is 5.57 Å². The largest absolute Gasteiger partial charge is 0.478 e. The van der Waals surface area contributed by atoms with Crippen LogP contribution in [0, 0.1) is 0 Å². The van der Waals surface area contributed by atoms with Gasteiger partial charge < -0.3 is 19.8 Å². The van der Waals surface area contributed by atoms with Gasteiger partial charge in [0.15, 0.2) is 0 Å². The van der Waals surface area contributed by atoms with E-state index >= 15 is 0 Å². The van der Waals surface area contributed by atoms with Crippen LogP contribution in [0.2, 0.25) is 0 Å². The van der Waals surface area contributed by atoms with Gasteiger partial charge in [0.2, 0.25) is 0 Å². The Kier molecular flexibility index (Phi) is 9.78. The van der Waals surface area contributed by atoms with Crippen LogP contribution in [0.3, 0.4) is 0 Å². The maximum Gasteiger partial charge on any atom is 0.336 e. The lowest BCUT2D eigenvalue weighted by Crippen LogP contribution is -2.21. The molecule has 1 N–H and O–H groups in total. The third-order valence-electron chi connectivity index (χ3n) is 6.98. The smallest absolute Gasteiger partial charge is 0.336 e. The molecule has 3 aromatic rings. The highest BCUT2D eigenvalue weighted by molar-refractivity contribution is 5.91. The summed E-state index contributed by atoms with van der Waals surface area (Å²) in [4.78, 5) is 18.6. The second-order valence-corrected chi connectivity index (χ2v) is 9.30. The zero-order valence-corrected chi connectivity index (χ0v) is 23.2. The fourth-order valence-corrected chi connectivity index (χ4v) is 4.72. The first-order chi connectivity index (χ1) is 17.8. The molecule has 0 aromatic heterocycles. The first-order valence-corrected chi connectivity index (χ1v) is 13.3. The van der Waals surface area contributed by atoms with E-state index in [9.17, 15) is 9.90 Å². The minimum Gasteiger partial charge on any atom is -0.478 e. The standard InChI is InChI=1S/C32H41N3O2/c1-7-34(8-2)27-17-11-24(12-18-27)30(25-13-19-28(20-14-25)35(9-3)10-4)22-16-26-15-21-29(33(5)6)23-31(26)32(36)37/h11-15,17-23H,7-10,16H2,1-6H3,(H,36,37). The molecule has 196 valence electrons. The number of allylic oxidation sites excluding steroid dienone is 1. The molecule has 0 saturated heterocycles. The van der Waals surface area contributed by atoms with Crippen molar-refractivity contribution < 1.29 is 9.90 Å². The molecule has 0 aliphatic heterocycles. The summed E-state index contributed by atoms with van der Waals surface area (Å²) in [5.74, 6) is -0.902. The van der Waals surface area contributed by atoms with Gasteiger partial charge in [-0.2, -0.15) is 0 Å². The van der Waals surface area contributed by atoms with E-state index < -0.39 is 5.97 Å².